The van der Waals surface area contributed by atoms with Crippen molar-refractivity contribution < 1.29 is 4.79 Å². The molecule has 1 unspecified atom stereocenters. The normalized spacial score (nSPS) is 19.6. The second-order valence-corrected chi connectivity index (χ2v) is 4.90. The van der Waals surface area contributed by atoms with Crippen molar-refractivity contribution >= 4 is 6.03 Å². The predicted molar refractivity (Wildman–Crippen MR) is 73.3 cm³/mol. The van der Waals surface area contributed by atoms with Crippen LogP contribution in [0.5, 0.6) is 0 Å². The van der Waals surface area contributed by atoms with Crippen molar-refractivity contribution in [1.82, 2.24) is 10.2 Å². The third-order valence-electron chi connectivity index (χ3n) is 3.65. The molecule has 1 fully saturated rings. The second kappa shape index (κ2) is 6.43. The lowest BCUT2D eigenvalue weighted by Crippen LogP contribution is -2.48. The van der Waals surface area contributed by atoms with Crippen LogP contribution in [0.25, 0.3) is 0 Å². The van der Waals surface area contributed by atoms with E-state index < -0.39 is 0 Å². The standard InChI is InChI=1S/C15H22N2O/c1-2-14-10-6-7-11-17(14)15(18)16-12-13-8-4-3-5-9-13/h3-5,8-9,14H,2,6-7,10-12H2,1H3,(H,16,18). The maximum atomic E-state index is 12.2. The molecule has 0 saturated carbocycles. The molecule has 3 heteroatoms. The molecule has 1 aliphatic rings. The van der Waals surface area contributed by atoms with Gasteiger partial charge in [0.05, 0.1) is 0 Å². The molecule has 0 bridgehead atoms. The number of benzene rings is 1. The van der Waals surface area contributed by atoms with E-state index in [2.05, 4.69) is 12.2 Å². The largest absolute Gasteiger partial charge is 0.334 e. The van der Waals surface area contributed by atoms with Crippen LogP contribution in [-0.2, 0) is 6.54 Å². The number of hydrogen-bond acceptors (Lipinski definition) is 1. The van der Waals surface area contributed by atoms with Crippen LogP contribution in [0, 0.1) is 0 Å². The number of carbonyl (C=O) groups is 1. The maximum Gasteiger partial charge on any atom is 0.317 e. The summed E-state index contributed by atoms with van der Waals surface area (Å²) in [6.45, 7) is 3.68. The van der Waals surface area contributed by atoms with Crippen LogP contribution in [0.2, 0.25) is 0 Å². The fourth-order valence-electron chi connectivity index (χ4n) is 2.57. The molecule has 0 spiro atoms. The average Bonchev–Trinajstić information content (AvgIpc) is 2.45. The van der Waals surface area contributed by atoms with Crippen molar-refractivity contribution in [3.05, 3.63) is 35.9 Å². The summed E-state index contributed by atoms with van der Waals surface area (Å²) in [4.78, 5) is 14.2. The molecule has 0 aromatic heterocycles. The molecule has 98 valence electrons. The van der Waals surface area contributed by atoms with E-state index in [1.54, 1.807) is 0 Å². The Balaban J connectivity index is 1.87. The van der Waals surface area contributed by atoms with E-state index in [1.165, 1.54) is 6.42 Å². The van der Waals surface area contributed by atoms with E-state index >= 15 is 0 Å². The van der Waals surface area contributed by atoms with Gasteiger partial charge in [0.2, 0.25) is 0 Å². The lowest BCUT2D eigenvalue weighted by atomic mass is 10.0. The van der Waals surface area contributed by atoms with Crippen LogP contribution >= 0.6 is 0 Å². The first kappa shape index (κ1) is 12.9. The molecule has 2 amide bonds. The minimum Gasteiger partial charge on any atom is -0.334 e. The third-order valence-corrected chi connectivity index (χ3v) is 3.65. The van der Waals surface area contributed by atoms with Crippen molar-refractivity contribution in [3.63, 3.8) is 0 Å². The van der Waals surface area contributed by atoms with E-state index in [9.17, 15) is 4.79 Å². The van der Waals surface area contributed by atoms with Gasteiger partial charge in [-0.15, -0.1) is 0 Å². The van der Waals surface area contributed by atoms with E-state index in [0.29, 0.717) is 12.6 Å². The van der Waals surface area contributed by atoms with Gasteiger partial charge in [-0.3, -0.25) is 0 Å². The van der Waals surface area contributed by atoms with Gasteiger partial charge >= 0.3 is 6.03 Å². The van der Waals surface area contributed by atoms with E-state index in [1.807, 2.05) is 35.2 Å². The Hall–Kier alpha value is -1.51. The fourth-order valence-corrected chi connectivity index (χ4v) is 2.57. The van der Waals surface area contributed by atoms with Crippen LogP contribution < -0.4 is 5.32 Å². The molecule has 1 aromatic rings. The Morgan fingerprint density at radius 3 is 2.83 bits per heavy atom. The Labute approximate surface area is 109 Å². The predicted octanol–water partition coefficient (Wildman–Crippen LogP) is 3.16. The highest BCUT2D eigenvalue weighted by Gasteiger charge is 2.24. The van der Waals surface area contributed by atoms with Gasteiger partial charge in [0, 0.05) is 19.1 Å². The minimum absolute atomic E-state index is 0.0883. The molecule has 1 heterocycles. The molecule has 18 heavy (non-hydrogen) atoms. The van der Waals surface area contributed by atoms with Crippen molar-refractivity contribution in [2.75, 3.05) is 6.54 Å². The number of piperidine rings is 1. The number of rotatable bonds is 3. The molecule has 1 aromatic carbocycles. The van der Waals surface area contributed by atoms with Crippen molar-refractivity contribution in [2.24, 2.45) is 0 Å². The van der Waals surface area contributed by atoms with Crippen LogP contribution in [0.3, 0.4) is 0 Å². The molecule has 2 rings (SSSR count). The molecule has 1 atom stereocenters. The second-order valence-electron chi connectivity index (χ2n) is 4.90. The van der Waals surface area contributed by atoms with Crippen molar-refractivity contribution in [2.45, 2.75) is 45.2 Å². The summed E-state index contributed by atoms with van der Waals surface area (Å²) < 4.78 is 0. The lowest BCUT2D eigenvalue weighted by molar-refractivity contribution is 0.148. The fraction of sp³-hybridized carbons (Fsp3) is 0.533. The third kappa shape index (κ3) is 3.25. The van der Waals surface area contributed by atoms with Crippen LogP contribution in [0.4, 0.5) is 4.79 Å². The number of carbonyl (C=O) groups excluding carboxylic acids is 1. The molecule has 1 saturated heterocycles. The summed E-state index contributed by atoms with van der Waals surface area (Å²) in [6, 6.07) is 10.6. The Kier molecular flexibility index (Phi) is 4.62. The molecule has 1 N–H and O–H groups in total. The highest BCUT2D eigenvalue weighted by atomic mass is 16.2. The van der Waals surface area contributed by atoms with Crippen LogP contribution in [0.1, 0.15) is 38.2 Å². The summed E-state index contributed by atoms with van der Waals surface area (Å²) in [7, 11) is 0. The Morgan fingerprint density at radius 2 is 2.11 bits per heavy atom. The summed E-state index contributed by atoms with van der Waals surface area (Å²) in [6.07, 6.45) is 4.59. The molecule has 0 aliphatic carbocycles. The van der Waals surface area contributed by atoms with Gasteiger partial charge in [-0.2, -0.15) is 0 Å². The van der Waals surface area contributed by atoms with E-state index in [0.717, 1.165) is 31.4 Å². The summed E-state index contributed by atoms with van der Waals surface area (Å²) in [5.74, 6) is 0. The number of hydrogen-bond donors (Lipinski definition) is 1. The van der Waals surface area contributed by atoms with Gasteiger partial charge in [-0.1, -0.05) is 37.3 Å². The highest BCUT2D eigenvalue weighted by Crippen LogP contribution is 2.19. The van der Waals surface area contributed by atoms with Crippen LogP contribution in [0.15, 0.2) is 30.3 Å². The van der Waals surface area contributed by atoms with Crippen molar-refractivity contribution in [3.8, 4) is 0 Å². The van der Waals surface area contributed by atoms with Crippen molar-refractivity contribution in [1.29, 1.82) is 0 Å². The maximum absolute atomic E-state index is 12.2. The van der Waals surface area contributed by atoms with Gasteiger partial charge in [-0.05, 0) is 31.2 Å². The number of likely N-dealkylation sites (tertiary alicyclic amines) is 1. The quantitative estimate of drug-likeness (QED) is 0.873. The first-order valence-electron chi connectivity index (χ1n) is 6.89. The smallest absolute Gasteiger partial charge is 0.317 e. The van der Waals surface area contributed by atoms with Crippen LogP contribution in [-0.4, -0.2) is 23.5 Å². The van der Waals surface area contributed by atoms with Gasteiger partial charge < -0.3 is 10.2 Å². The summed E-state index contributed by atoms with van der Waals surface area (Å²) >= 11 is 0. The molecule has 3 nitrogen and oxygen atoms in total. The zero-order valence-electron chi connectivity index (χ0n) is 11.1. The average molecular weight is 246 g/mol. The monoisotopic (exact) mass is 246 g/mol. The van der Waals surface area contributed by atoms with E-state index in [-0.39, 0.29) is 6.03 Å². The molecule has 1 aliphatic heterocycles. The topological polar surface area (TPSA) is 32.3 Å². The lowest BCUT2D eigenvalue weighted by Gasteiger charge is -2.35. The number of urea groups is 1. The summed E-state index contributed by atoms with van der Waals surface area (Å²) in [5.41, 5.74) is 1.15. The Bertz CT molecular complexity index is 377. The molecular formula is C15H22N2O. The number of amides is 2. The first-order valence-corrected chi connectivity index (χ1v) is 6.89. The van der Waals surface area contributed by atoms with E-state index in [4.69, 9.17) is 0 Å². The first-order chi connectivity index (χ1) is 8.81. The van der Waals surface area contributed by atoms with Gasteiger partial charge in [0.15, 0.2) is 0 Å². The SMILES string of the molecule is CCC1CCCCN1C(=O)NCc1ccccc1. The summed E-state index contributed by atoms with van der Waals surface area (Å²) in [5, 5.41) is 3.02. The number of nitrogens with one attached hydrogen (secondary N) is 1. The minimum atomic E-state index is 0.0883. The zero-order chi connectivity index (χ0) is 12.8. The number of nitrogens with zero attached hydrogens (tertiary/aromatic N) is 1. The Morgan fingerprint density at radius 1 is 1.33 bits per heavy atom. The molecule has 0 radical (unpaired) electrons. The van der Waals surface area contributed by atoms with Gasteiger partial charge in [-0.25, -0.2) is 4.79 Å². The van der Waals surface area contributed by atoms with Gasteiger partial charge in [0.25, 0.3) is 0 Å². The van der Waals surface area contributed by atoms with Gasteiger partial charge in [0.1, 0.15) is 0 Å². The zero-order valence-corrected chi connectivity index (χ0v) is 11.1. The highest BCUT2D eigenvalue weighted by molar-refractivity contribution is 5.74. The molecular weight excluding hydrogens is 224 g/mol.